The summed E-state index contributed by atoms with van der Waals surface area (Å²) in [4.78, 5) is 36.9. The molecule has 0 aromatic rings. The number of nitrogens with two attached hydrogens (primary N) is 1. The second-order valence-corrected chi connectivity index (χ2v) is 11.3. The lowest BCUT2D eigenvalue weighted by molar-refractivity contribution is -0.140. The highest BCUT2D eigenvalue weighted by atomic mass is 35.5. The van der Waals surface area contributed by atoms with Gasteiger partial charge in [0.25, 0.3) is 0 Å². The van der Waals surface area contributed by atoms with Crippen molar-refractivity contribution >= 4 is 29.5 Å². The lowest BCUT2D eigenvalue weighted by Gasteiger charge is -2.29. The van der Waals surface area contributed by atoms with Gasteiger partial charge in [0.2, 0.25) is 18.1 Å². The van der Waals surface area contributed by atoms with Gasteiger partial charge in [0, 0.05) is 23.9 Å². The van der Waals surface area contributed by atoms with Crippen LogP contribution in [0.5, 0.6) is 0 Å². The lowest BCUT2D eigenvalue weighted by atomic mass is 9.86. The van der Waals surface area contributed by atoms with Crippen molar-refractivity contribution in [3.8, 4) is 0 Å². The first-order valence-electron chi connectivity index (χ1n) is 13.6. The van der Waals surface area contributed by atoms with E-state index in [1.807, 2.05) is 51.3 Å². The molecule has 1 rings (SSSR count). The molecule has 6 N–H and O–H groups in total. The molecule has 0 spiro atoms. The Morgan fingerprint density at radius 3 is 2.48 bits per heavy atom. The number of rotatable bonds is 14. The van der Waals surface area contributed by atoms with Crippen LogP contribution in [-0.2, 0) is 23.8 Å². The maximum atomic E-state index is 12.9. The van der Waals surface area contributed by atoms with Crippen molar-refractivity contribution in [2.75, 3.05) is 7.11 Å². The molecule has 11 nitrogen and oxygen atoms in total. The van der Waals surface area contributed by atoms with E-state index < -0.39 is 41.8 Å². The van der Waals surface area contributed by atoms with Crippen LogP contribution in [0.3, 0.4) is 0 Å². The molecule has 4 atom stereocenters. The highest BCUT2D eigenvalue weighted by Crippen LogP contribution is 2.21. The highest BCUT2D eigenvalue weighted by Gasteiger charge is 2.32. The summed E-state index contributed by atoms with van der Waals surface area (Å²) in [6.07, 6.45) is 14.5. The van der Waals surface area contributed by atoms with Crippen LogP contribution in [0.25, 0.3) is 0 Å². The number of amides is 3. The number of aliphatic hydroxyl groups excluding tert-OH is 1. The van der Waals surface area contributed by atoms with Crippen LogP contribution in [0.15, 0.2) is 71.2 Å². The number of halogens is 1. The van der Waals surface area contributed by atoms with Gasteiger partial charge < -0.3 is 30.0 Å². The van der Waals surface area contributed by atoms with Crippen molar-refractivity contribution < 1.29 is 33.7 Å². The summed E-state index contributed by atoms with van der Waals surface area (Å²) in [5, 5.41) is 15.8. The first-order chi connectivity index (χ1) is 19.8. The Morgan fingerprint density at radius 1 is 1.19 bits per heavy atom. The molecule has 0 radical (unpaired) electrons. The molecule has 234 valence electrons. The zero-order valence-corrected chi connectivity index (χ0v) is 25.9. The molecule has 12 heteroatoms. The van der Waals surface area contributed by atoms with E-state index in [0.29, 0.717) is 36.5 Å². The zero-order valence-electron chi connectivity index (χ0n) is 25.2. The van der Waals surface area contributed by atoms with Crippen molar-refractivity contribution in [2.24, 2.45) is 11.3 Å². The number of hydrazine groups is 1. The molecule has 0 bridgehead atoms. The van der Waals surface area contributed by atoms with Gasteiger partial charge in [-0.2, -0.15) is 0 Å². The SMILES string of the molecule is COC1=CCC(C/C=C(C)/C=C\C=C/C(=O)NC(C(=O)N/C=C\CC(C/C=C(\C)Cl)OC(=O)NN)C(C)(C)C)OC1O. The molecular formula is C30H45ClN4O7. The van der Waals surface area contributed by atoms with E-state index in [0.717, 1.165) is 5.57 Å². The van der Waals surface area contributed by atoms with E-state index in [4.69, 9.17) is 31.7 Å². The summed E-state index contributed by atoms with van der Waals surface area (Å²) in [7, 11) is 1.49. The van der Waals surface area contributed by atoms with Crippen LogP contribution in [0.2, 0.25) is 0 Å². The molecule has 0 saturated heterocycles. The third kappa shape index (κ3) is 15.0. The van der Waals surface area contributed by atoms with Gasteiger partial charge in [-0.05, 0) is 44.4 Å². The predicted molar refractivity (Wildman–Crippen MR) is 162 cm³/mol. The molecule has 0 aromatic carbocycles. The summed E-state index contributed by atoms with van der Waals surface area (Å²) >= 11 is 5.86. The molecule has 42 heavy (non-hydrogen) atoms. The molecule has 1 aliphatic rings. The van der Waals surface area contributed by atoms with E-state index in [1.165, 1.54) is 19.4 Å². The fourth-order valence-electron chi connectivity index (χ4n) is 3.71. The normalized spacial score (nSPS) is 19.9. The smallest absolute Gasteiger partial charge is 0.421 e. The molecule has 0 fully saturated rings. The van der Waals surface area contributed by atoms with Gasteiger partial charge in [-0.25, -0.2) is 10.6 Å². The number of carbonyl (C=O) groups is 3. The average molecular weight is 609 g/mol. The minimum atomic E-state index is -1.05. The second kappa shape index (κ2) is 18.9. The Balaban J connectivity index is 2.65. The van der Waals surface area contributed by atoms with Gasteiger partial charge in [0.1, 0.15) is 17.9 Å². The van der Waals surface area contributed by atoms with E-state index in [1.54, 1.807) is 31.2 Å². The van der Waals surface area contributed by atoms with Crippen molar-refractivity contribution in [1.29, 1.82) is 0 Å². The predicted octanol–water partition coefficient (Wildman–Crippen LogP) is 4.12. The summed E-state index contributed by atoms with van der Waals surface area (Å²) in [5.74, 6) is 4.68. The summed E-state index contributed by atoms with van der Waals surface area (Å²) in [5.41, 5.74) is 2.30. The van der Waals surface area contributed by atoms with E-state index >= 15 is 0 Å². The third-order valence-corrected chi connectivity index (χ3v) is 6.17. The fraction of sp³-hybridized carbons (Fsp3) is 0.500. The van der Waals surface area contributed by atoms with Crippen molar-refractivity contribution in [3.63, 3.8) is 0 Å². The van der Waals surface area contributed by atoms with Gasteiger partial charge in [0.05, 0.1) is 13.2 Å². The first kappa shape index (κ1) is 36.6. The van der Waals surface area contributed by atoms with Crippen LogP contribution in [0.4, 0.5) is 4.79 Å². The summed E-state index contributed by atoms with van der Waals surface area (Å²) in [6.45, 7) is 9.16. The third-order valence-electron chi connectivity index (χ3n) is 6.01. The van der Waals surface area contributed by atoms with Crippen LogP contribution < -0.4 is 21.9 Å². The number of hydrogen-bond donors (Lipinski definition) is 5. The average Bonchev–Trinajstić information content (AvgIpc) is 2.92. The minimum absolute atomic E-state index is 0.149. The van der Waals surface area contributed by atoms with Crippen LogP contribution in [-0.4, -0.2) is 54.7 Å². The van der Waals surface area contributed by atoms with Gasteiger partial charge in [0.15, 0.2) is 0 Å². The Hall–Kier alpha value is -3.38. The topological polar surface area (TPSA) is 161 Å². The van der Waals surface area contributed by atoms with Gasteiger partial charge in [-0.3, -0.25) is 15.0 Å². The number of aliphatic hydroxyl groups is 1. The number of allylic oxidation sites excluding steroid dienone is 5. The van der Waals surface area contributed by atoms with E-state index in [2.05, 4.69) is 10.6 Å². The number of carbonyl (C=O) groups excluding carboxylic acids is 3. The molecule has 0 saturated carbocycles. The standard InChI is InChI=1S/C30H45ClN4O7/c1-20(13-15-23-17-18-24(40-6)28(38)41-23)10-7-8-12-25(36)34-26(30(3,4)5)27(37)33-19-9-11-22(16-14-21(2)31)42-29(39)35-32/h7-10,12-14,18-19,22-23,26,28,38H,11,15-17,32H2,1-6H3,(H,33,37)(H,34,36)(H,35,39)/b10-7-,12-8-,19-9-,20-13+,21-14+. The molecule has 0 aromatic heterocycles. The summed E-state index contributed by atoms with van der Waals surface area (Å²) in [6, 6.07) is -0.819. The maximum Gasteiger partial charge on any atom is 0.421 e. The highest BCUT2D eigenvalue weighted by molar-refractivity contribution is 6.29. The molecule has 0 aliphatic carbocycles. The van der Waals surface area contributed by atoms with Crippen LogP contribution >= 0.6 is 11.6 Å². The summed E-state index contributed by atoms with van der Waals surface area (Å²) < 4.78 is 15.8. The quantitative estimate of drug-likeness (QED) is 0.0647. The molecule has 4 unspecified atom stereocenters. The zero-order chi connectivity index (χ0) is 31.7. The molecule has 1 heterocycles. The number of nitrogens with one attached hydrogen (secondary N) is 3. The Bertz CT molecular complexity index is 1090. The maximum absolute atomic E-state index is 12.9. The van der Waals surface area contributed by atoms with Gasteiger partial charge in [-0.1, -0.05) is 74.4 Å². The van der Waals surface area contributed by atoms with Crippen molar-refractivity contribution in [2.45, 2.75) is 84.8 Å². The minimum Gasteiger partial charge on any atom is -0.496 e. The Morgan fingerprint density at radius 2 is 1.88 bits per heavy atom. The number of methoxy groups -OCH3 is 1. The second-order valence-electron chi connectivity index (χ2n) is 10.7. The van der Waals surface area contributed by atoms with Crippen molar-refractivity contribution in [1.82, 2.24) is 16.1 Å². The molecular weight excluding hydrogens is 564 g/mol. The fourth-order valence-corrected chi connectivity index (χ4v) is 3.80. The van der Waals surface area contributed by atoms with Crippen LogP contribution in [0.1, 0.15) is 60.3 Å². The number of hydrogen-bond acceptors (Lipinski definition) is 8. The lowest BCUT2D eigenvalue weighted by Crippen LogP contribution is -2.52. The van der Waals surface area contributed by atoms with E-state index in [9.17, 15) is 19.5 Å². The first-order valence-corrected chi connectivity index (χ1v) is 14.0. The Labute approximate surface area is 253 Å². The van der Waals surface area contributed by atoms with E-state index in [-0.39, 0.29) is 6.10 Å². The number of ether oxygens (including phenoxy) is 3. The van der Waals surface area contributed by atoms with Gasteiger partial charge >= 0.3 is 6.09 Å². The molecule has 3 amide bonds. The monoisotopic (exact) mass is 608 g/mol. The van der Waals surface area contributed by atoms with Crippen LogP contribution in [0, 0.1) is 5.41 Å². The Kier molecular flexibility index (Phi) is 16.5. The van der Waals surface area contributed by atoms with Gasteiger partial charge in [-0.15, -0.1) is 0 Å². The largest absolute Gasteiger partial charge is 0.496 e. The molecule has 1 aliphatic heterocycles. The van der Waals surface area contributed by atoms with Crippen molar-refractivity contribution in [3.05, 3.63) is 71.2 Å².